The standard InChI is InChI=1S/C24H21N3O/c1-16-10-12-18(13-11-16)23(20-8-5-6-17(2)14-20)26-27-24(28)22-15-19-7-3-4-9-21(19)25-22/h3-15,25H,1-2H3,(H,27,28)/b26-23-. The molecule has 0 unspecified atom stereocenters. The Hall–Kier alpha value is -3.66. The van der Waals surface area contributed by atoms with Gasteiger partial charge in [0, 0.05) is 22.0 Å². The van der Waals surface area contributed by atoms with Crippen molar-refractivity contribution in [3.8, 4) is 0 Å². The van der Waals surface area contributed by atoms with Gasteiger partial charge in [0.1, 0.15) is 5.69 Å². The number of rotatable bonds is 4. The molecule has 28 heavy (non-hydrogen) atoms. The van der Waals surface area contributed by atoms with Gasteiger partial charge in [-0.1, -0.05) is 71.8 Å². The number of aromatic nitrogens is 1. The van der Waals surface area contributed by atoms with Crippen LogP contribution in [0.4, 0.5) is 0 Å². The van der Waals surface area contributed by atoms with Gasteiger partial charge in [0.05, 0.1) is 5.71 Å². The van der Waals surface area contributed by atoms with Gasteiger partial charge in [0.15, 0.2) is 0 Å². The van der Waals surface area contributed by atoms with E-state index < -0.39 is 0 Å². The Kier molecular flexibility index (Phi) is 4.77. The summed E-state index contributed by atoms with van der Waals surface area (Å²) in [5.74, 6) is -0.270. The molecule has 0 saturated heterocycles. The van der Waals surface area contributed by atoms with Crippen LogP contribution in [0.25, 0.3) is 10.9 Å². The van der Waals surface area contributed by atoms with Crippen molar-refractivity contribution in [3.05, 3.63) is 107 Å². The number of benzene rings is 3. The average molecular weight is 367 g/mol. The number of fused-ring (bicyclic) bond motifs is 1. The third-order valence-electron chi connectivity index (χ3n) is 4.66. The Balaban J connectivity index is 1.68. The highest BCUT2D eigenvalue weighted by molar-refractivity contribution is 6.13. The molecule has 0 fully saturated rings. The van der Waals surface area contributed by atoms with Gasteiger partial charge < -0.3 is 4.98 Å². The molecule has 4 rings (SSSR count). The first-order chi connectivity index (χ1) is 13.6. The van der Waals surface area contributed by atoms with Gasteiger partial charge in [-0.05, 0) is 32.0 Å². The van der Waals surface area contributed by atoms with E-state index in [0.29, 0.717) is 5.69 Å². The van der Waals surface area contributed by atoms with Crippen LogP contribution in [0.1, 0.15) is 32.7 Å². The van der Waals surface area contributed by atoms with Gasteiger partial charge in [-0.15, -0.1) is 0 Å². The topological polar surface area (TPSA) is 57.2 Å². The second-order valence-electron chi connectivity index (χ2n) is 6.91. The molecule has 1 amide bonds. The fourth-order valence-electron chi connectivity index (χ4n) is 3.16. The van der Waals surface area contributed by atoms with E-state index in [0.717, 1.165) is 33.3 Å². The zero-order valence-corrected chi connectivity index (χ0v) is 15.9. The summed E-state index contributed by atoms with van der Waals surface area (Å²) in [6.07, 6.45) is 0. The van der Waals surface area contributed by atoms with Crippen LogP contribution in [0.3, 0.4) is 0 Å². The Bertz CT molecular complexity index is 1140. The van der Waals surface area contributed by atoms with E-state index in [9.17, 15) is 4.79 Å². The van der Waals surface area contributed by atoms with E-state index in [1.807, 2.05) is 86.6 Å². The van der Waals surface area contributed by atoms with Crippen molar-refractivity contribution < 1.29 is 4.79 Å². The highest BCUT2D eigenvalue weighted by Gasteiger charge is 2.11. The molecule has 138 valence electrons. The minimum absolute atomic E-state index is 0.270. The summed E-state index contributed by atoms with van der Waals surface area (Å²) in [4.78, 5) is 15.8. The first-order valence-electron chi connectivity index (χ1n) is 9.20. The lowest BCUT2D eigenvalue weighted by Crippen LogP contribution is -2.21. The first-order valence-corrected chi connectivity index (χ1v) is 9.20. The Morgan fingerprint density at radius 2 is 1.61 bits per heavy atom. The lowest BCUT2D eigenvalue weighted by atomic mass is 10.00. The third-order valence-corrected chi connectivity index (χ3v) is 4.66. The van der Waals surface area contributed by atoms with Crippen LogP contribution in [0.2, 0.25) is 0 Å². The average Bonchev–Trinajstić information content (AvgIpc) is 3.14. The summed E-state index contributed by atoms with van der Waals surface area (Å²) in [5, 5.41) is 5.47. The molecule has 2 N–H and O–H groups in total. The van der Waals surface area contributed by atoms with Crippen molar-refractivity contribution in [2.75, 3.05) is 0 Å². The van der Waals surface area contributed by atoms with E-state index in [2.05, 4.69) is 21.6 Å². The monoisotopic (exact) mass is 367 g/mol. The SMILES string of the molecule is Cc1ccc(/C(=N/NC(=O)c2cc3ccccc3[nH]2)c2cccc(C)c2)cc1. The number of nitrogens with one attached hydrogen (secondary N) is 2. The van der Waals surface area contributed by atoms with Crippen molar-refractivity contribution in [2.24, 2.45) is 5.10 Å². The molecule has 4 nitrogen and oxygen atoms in total. The predicted octanol–water partition coefficient (Wildman–Crippen LogP) is 4.97. The summed E-state index contributed by atoms with van der Waals surface area (Å²) < 4.78 is 0. The molecule has 0 aliphatic carbocycles. The number of hydrogen-bond donors (Lipinski definition) is 2. The molecule has 3 aromatic carbocycles. The summed E-state index contributed by atoms with van der Waals surface area (Å²) in [6.45, 7) is 4.09. The van der Waals surface area contributed by atoms with Gasteiger partial charge >= 0.3 is 0 Å². The summed E-state index contributed by atoms with van der Waals surface area (Å²) in [5.41, 5.74) is 9.07. The minimum atomic E-state index is -0.270. The second kappa shape index (κ2) is 7.53. The van der Waals surface area contributed by atoms with Crippen LogP contribution >= 0.6 is 0 Å². The largest absolute Gasteiger partial charge is 0.350 e. The quantitative estimate of drug-likeness (QED) is 0.388. The molecule has 0 radical (unpaired) electrons. The number of aromatic amines is 1. The molecule has 0 saturated carbocycles. The molecule has 0 atom stereocenters. The molecule has 4 heteroatoms. The number of aryl methyl sites for hydroxylation is 2. The number of nitrogens with zero attached hydrogens (tertiary/aromatic N) is 1. The van der Waals surface area contributed by atoms with Gasteiger partial charge in [0.2, 0.25) is 0 Å². The molecular weight excluding hydrogens is 346 g/mol. The first kappa shape index (κ1) is 17.7. The molecule has 0 bridgehead atoms. The van der Waals surface area contributed by atoms with E-state index in [4.69, 9.17) is 0 Å². The third kappa shape index (κ3) is 3.71. The fraction of sp³-hybridized carbons (Fsp3) is 0.0833. The molecule has 0 aliphatic heterocycles. The number of para-hydroxylation sites is 1. The van der Waals surface area contributed by atoms with Crippen molar-refractivity contribution in [1.82, 2.24) is 10.4 Å². The maximum atomic E-state index is 12.7. The minimum Gasteiger partial charge on any atom is -0.350 e. The molecule has 4 aromatic rings. The van der Waals surface area contributed by atoms with Crippen molar-refractivity contribution in [2.45, 2.75) is 13.8 Å². The molecule has 1 heterocycles. The lowest BCUT2D eigenvalue weighted by molar-refractivity contribution is 0.0951. The maximum absolute atomic E-state index is 12.7. The van der Waals surface area contributed by atoms with E-state index >= 15 is 0 Å². The molecule has 1 aromatic heterocycles. The summed E-state index contributed by atoms with van der Waals surface area (Å²) in [6, 6.07) is 25.9. The van der Waals surface area contributed by atoms with Gasteiger partial charge in [-0.2, -0.15) is 5.10 Å². The van der Waals surface area contributed by atoms with Crippen molar-refractivity contribution in [1.29, 1.82) is 0 Å². The van der Waals surface area contributed by atoms with E-state index in [-0.39, 0.29) is 5.91 Å². The van der Waals surface area contributed by atoms with Crippen LogP contribution in [-0.4, -0.2) is 16.6 Å². The summed E-state index contributed by atoms with van der Waals surface area (Å²) >= 11 is 0. The fourth-order valence-corrected chi connectivity index (χ4v) is 3.16. The zero-order valence-electron chi connectivity index (χ0n) is 15.9. The smallest absolute Gasteiger partial charge is 0.287 e. The normalized spacial score (nSPS) is 11.6. The van der Waals surface area contributed by atoms with Crippen molar-refractivity contribution in [3.63, 3.8) is 0 Å². The van der Waals surface area contributed by atoms with E-state index in [1.54, 1.807) is 0 Å². The molecule has 0 spiro atoms. The van der Waals surface area contributed by atoms with Gasteiger partial charge in [-0.25, -0.2) is 5.43 Å². The number of hydrazone groups is 1. The zero-order chi connectivity index (χ0) is 19.5. The number of carbonyl (C=O) groups is 1. The predicted molar refractivity (Wildman–Crippen MR) is 114 cm³/mol. The maximum Gasteiger partial charge on any atom is 0.287 e. The van der Waals surface area contributed by atoms with Gasteiger partial charge in [0.25, 0.3) is 5.91 Å². The lowest BCUT2D eigenvalue weighted by Gasteiger charge is -2.09. The van der Waals surface area contributed by atoms with Gasteiger partial charge in [-0.3, -0.25) is 4.79 Å². The number of H-pyrrole nitrogens is 1. The summed E-state index contributed by atoms with van der Waals surface area (Å²) in [7, 11) is 0. The molecule has 0 aliphatic rings. The number of amides is 1. The Morgan fingerprint density at radius 3 is 2.36 bits per heavy atom. The highest BCUT2D eigenvalue weighted by Crippen LogP contribution is 2.16. The number of carbonyl (C=O) groups excluding carboxylic acids is 1. The number of hydrogen-bond acceptors (Lipinski definition) is 2. The van der Waals surface area contributed by atoms with Crippen LogP contribution in [0.5, 0.6) is 0 Å². The Labute approximate surface area is 163 Å². The van der Waals surface area contributed by atoms with E-state index in [1.165, 1.54) is 5.56 Å². The van der Waals surface area contributed by atoms with Crippen LogP contribution in [-0.2, 0) is 0 Å². The highest BCUT2D eigenvalue weighted by atomic mass is 16.2. The molecular formula is C24H21N3O. The second-order valence-corrected chi connectivity index (χ2v) is 6.91. The van der Waals surface area contributed by atoms with Crippen LogP contribution < -0.4 is 5.43 Å². The van der Waals surface area contributed by atoms with Crippen LogP contribution in [0.15, 0.2) is 84.0 Å². The Morgan fingerprint density at radius 1 is 0.821 bits per heavy atom. The van der Waals surface area contributed by atoms with Crippen molar-refractivity contribution >= 4 is 22.5 Å². The van der Waals surface area contributed by atoms with Crippen LogP contribution in [0, 0.1) is 13.8 Å².